The van der Waals surface area contributed by atoms with Crippen LogP contribution in [0.15, 0.2) is 5.11 Å². The van der Waals surface area contributed by atoms with Crippen LogP contribution in [0.1, 0.15) is 6.92 Å². The highest BCUT2D eigenvalue weighted by Crippen LogP contribution is 1.92. The smallest absolute Gasteiger partial charge is 0.159 e. The fourth-order valence-corrected chi connectivity index (χ4v) is 0.425. The van der Waals surface area contributed by atoms with Crippen molar-refractivity contribution in [3.05, 3.63) is 10.4 Å². The maximum absolute atomic E-state index is 7.99. The zero-order chi connectivity index (χ0) is 7.82. The van der Waals surface area contributed by atoms with Crippen molar-refractivity contribution < 1.29 is 9.47 Å². The first-order valence-corrected chi connectivity index (χ1v) is 2.99. The van der Waals surface area contributed by atoms with E-state index in [0.29, 0.717) is 13.2 Å². The molecule has 0 aromatic heterocycles. The Morgan fingerprint density at radius 2 is 2.40 bits per heavy atom. The van der Waals surface area contributed by atoms with Gasteiger partial charge in [0.2, 0.25) is 0 Å². The van der Waals surface area contributed by atoms with Gasteiger partial charge in [-0.25, -0.2) is 0 Å². The number of hydrogen-bond donors (Lipinski definition) is 0. The van der Waals surface area contributed by atoms with Crippen LogP contribution in [0, 0.1) is 0 Å². The van der Waals surface area contributed by atoms with Crippen molar-refractivity contribution in [2.75, 3.05) is 20.3 Å². The van der Waals surface area contributed by atoms with Gasteiger partial charge in [-0.1, -0.05) is 5.11 Å². The van der Waals surface area contributed by atoms with Crippen LogP contribution in [0.4, 0.5) is 0 Å². The molecule has 0 aliphatic heterocycles. The Morgan fingerprint density at radius 1 is 1.70 bits per heavy atom. The van der Waals surface area contributed by atoms with E-state index in [-0.39, 0.29) is 0 Å². The lowest BCUT2D eigenvalue weighted by Gasteiger charge is -2.07. The molecule has 0 saturated carbocycles. The van der Waals surface area contributed by atoms with Crippen LogP contribution in [0.2, 0.25) is 0 Å². The lowest BCUT2D eigenvalue weighted by Crippen LogP contribution is -2.14. The zero-order valence-electron chi connectivity index (χ0n) is 6.15. The molecule has 0 rings (SSSR count). The highest BCUT2D eigenvalue weighted by Gasteiger charge is 2.01. The highest BCUT2D eigenvalue weighted by atomic mass is 16.5. The number of ether oxygens (including phenoxy) is 2. The van der Waals surface area contributed by atoms with E-state index in [0.717, 1.165) is 0 Å². The summed E-state index contributed by atoms with van der Waals surface area (Å²) >= 11 is 0. The van der Waals surface area contributed by atoms with Gasteiger partial charge in [0.15, 0.2) is 6.23 Å². The van der Waals surface area contributed by atoms with Crippen LogP contribution < -0.4 is 0 Å². The van der Waals surface area contributed by atoms with Crippen LogP contribution in [0.3, 0.4) is 0 Å². The molecule has 0 bridgehead atoms. The number of azide groups is 1. The molecule has 1 unspecified atom stereocenters. The van der Waals surface area contributed by atoms with Gasteiger partial charge in [0.05, 0.1) is 6.61 Å². The van der Waals surface area contributed by atoms with Crippen molar-refractivity contribution >= 4 is 0 Å². The second-order valence-corrected chi connectivity index (χ2v) is 1.55. The first-order chi connectivity index (χ1) is 4.85. The summed E-state index contributed by atoms with van der Waals surface area (Å²) in [6.07, 6.45) is -0.495. The minimum Gasteiger partial charge on any atom is -0.379 e. The van der Waals surface area contributed by atoms with Crippen LogP contribution in [0.25, 0.3) is 10.4 Å². The normalized spacial score (nSPS) is 12.2. The molecule has 58 valence electrons. The molecule has 0 aliphatic carbocycles. The summed E-state index contributed by atoms with van der Waals surface area (Å²) in [5.41, 5.74) is 7.99. The SMILES string of the molecule is CCOCC(N=[N+]=[N-])OC. The molecule has 5 heteroatoms. The summed E-state index contributed by atoms with van der Waals surface area (Å²) in [5.74, 6) is 0. The topological polar surface area (TPSA) is 67.2 Å². The number of rotatable bonds is 5. The maximum atomic E-state index is 7.99. The van der Waals surface area contributed by atoms with Gasteiger partial charge in [-0.15, -0.1) is 0 Å². The van der Waals surface area contributed by atoms with Gasteiger partial charge in [0, 0.05) is 18.6 Å². The van der Waals surface area contributed by atoms with Gasteiger partial charge in [-0.2, -0.15) is 0 Å². The summed E-state index contributed by atoms with van der Waals surface area (Å²) in [6, 6.07) is 0. The van der Waals surface area contributed by atoms with Crippen LogP contribution in [-0.2, 0) is 9.47 Å². The molecule has 0 fully saturated rings. The highest BCUT2D eigenvalue weighted by molar-refractivity contribution is 4.52. The molecule has 0 amide bonds. The molecule has 0 N–H and O–H groups in total. The summed E-state index contributed by atoms with van der Waals surface area (Å²) < 4.78 is 9.70. The Kier molecular flexibility index (Phi) is 5.86. The predicted octanol–water partition coefficient (Wildman–Crippen LogP) is 1.31. The third-order valence-electron chi connectivity index (χ3n) is 0.917. The average Bonchev–Trinajstić information content (AvgIpc) is 1.98. The third kappa shape index (κ3) is 4.14. The zero-order valence-corrected chi connectivity index (χ0v) is 6.15. The van der Waals surface area contributed by atoms with Crippen LogP contribution in [-0.4, -0.2) is 26.6 Å². The summed E-state index contributed by atoms with van der Waals surface area (Å²) in [7, 11) is 1.47. The molecule has 1 atom stereocenters. The fraction of sp³-hybridized carbons (Fsp3) is 1.00. The first-order valence-electron chi connectivity index (χ1n) is 2.99. The largest absolute Gasteiger partial charge is 0.379 e. The predicted molar refractivity (Wildman–Crippen MR) is 36.4 cm³/mol. The molecule has 0 radical (unpaired) electrons. The molecule has 10 heavy (non-hydrogen) atoms. The van der Waals surface area contributed by atoms with Crippen LogP contribution in [0.5, 0.6) is 0 Å². The average molecular weight is 145 g/mol. The Labute approximate surface area is 59.6 Å². The van der Waals surface area contributed by atoms with E-state index in [2.05, 4.69) is 10.0 Å². The van der Waals surface area contributed by atoms with Gasteiger partial charge in [0.25, 0.3) is 0 Å². The molecule has 0 aromatic carbocycles. The lowest BCUT2D eigenvalue weighted by atomic mass is 10.6. The van der Waals surface area contributed by atoms with Crippen molar-refractivity contribution in [2.45, 2.75) is 13.2 Å². The Bertz CT molecular complexity index is 122. The van der Waals surface area contributed by atoms with E-state index >= 15 is 0 Å². The fourth-order valence-electron chi connectivity index (χ4n) is 0.425. The van der Waals surface area contributed by atoms with E-state index in [9.17, 15) is 0 Å². The van der Waals surface area contributed by atoms with Gasteiger partial charge >= 0.3 is 0 Å². The van der Waals surface area contributed by atoms with E-state index in [4.69, 9.17) is 15.0 Å². The molecule has 0 heterocycles. The lowest BCUT2D eigenvalue weighted by molar-refractivity contribution is 0.0168. The summed E-state index contributed by atoms with van der Waals surface area (Å²) in [5, 5.41) is 3.31. The Balaban J connectivity index is 3.49. The number of hydrogen-bond acceptors (Lipinski definition) is 3. The van der Waals surface area contributed by atoms with Crippen LogP contribution >= 0.6 is 0 Å². The number of methoxy groups -OCH3 is 1. The van der Waals surface area contributed by atoms with Gasteiger partial charge < -0.3 is 9.47 Å². The van der Waals surface area contributed by atoms with E-state index in [1.54, 1.807) is 0 Å². The van der Waals surface area contributed by atoms with Gasteiger partial charge in [-0.3, -0.25) is 0 Å². The van der Waals surface area contributed by atoms with Gasteiger partial charge in [-0.05, 0) is 12.5 Å². The van der Waals surface area contributed by atoms with Crippen molar-refractivity contribution in [1.29, 1.82) is 0 Å². The van der Waals surface area contributed by atoms with E-state index < -0.39 is 6.23 Å². The monoisotopic (exact) mass is 145 g/mol. The second kappa shape index (κ2) is 6.35. The minimum atomic E-state index is -0.495. The minimum absolute atomic E-state index is 0.317. The second-order valence-electron chi connectivity index (χ2n) is 1.55. The van der Waals surface area contributed by atoms with Crippen molar-refractivity contribution in [3.8, 4) is 0 Å². The molecule has 0 aromatic rings. The third-order valence-corrected chi connectivity index (χ3v) is 0.917. The molecule has 0 spiro atoms. The molecule has 5 nitrogen and oxygen atoms in total. The van der Waals surface area contributed by atoms with Crippen molar-refractivity contribution in [3.63, 3.8) is 0 Å². The Morgan fingerprint density at radius 3 is 2.80 bits per heavy atom. The first kappa shape index (κ1) is 9.23. The summed E-state index contributed by atoms with van der Waals surface area (Å²) in [6.45, 7) is 2.78. The molecule has 0 aliphatic rings. The van der Waals surface area contributed by atoms with E-state index in [1.165, 1.54) is 7.11 Å². The summed E-state index contributed by atoms with van der Waals surface area (Å²) in [4.78, 5) is 2.58. The quantitative estimate of drug-likeness (QED) is 0.332. The van der Waals surface area contributed by atoms with Crippen molar-refractivity contribution in [2.24, 2.45) is 5.11 Å². The molecule has 0 saturated heterocycles. The van der Waals surface area contributed by atoms with E-state index in [1.807, 2.05) is 6.92 Å². The number of nitrogens with zero attached hydrogens (tertiary/aromatic N) is 3. The standard InChI is InChI=1S/C5H11N3O2/c1-3-10-4-5(9-2)7-8-6/h5H,3-4H2,1-2H3. The maximum Gasteiger partial charge on any atom is 0.159 e. The Hall–Kier alpha value is -0.770. The molecular weight excluding hydrogens is 134 g/mol. The van der Waals surface area contributed by atoms with Gasteiger partial charge in [0.1, 0.15) is 0 Å². The molecular formula is C5H11N3O2. The van der Waals surface area contributed by atoms with Crippen molar-refractivity contribution in [1.82, 2.24) is 0 Å².